The van der Waals surface area contributed by atoms with Gasteiger partial charge in [-0.1, -0.05) is 104 Å². The first-order valence-electron chi connectivity index (χ1n) is 14.6. The number of aryl methyl sites for hydroxylation is 1. The van der Waals surface area contributed by atoms with Crippen molar-refractivity contribution in [2.24, 2.45) is 0 Å². The molecule has 1 aromatic heterocycles. The molecule has 0 unspecified atom stereocenters. The van der Waals surface area contributed by atoms with Crippen LogP contribution in [-0.4, -0.2) is 0 Å². The molecule has 8 rings (SSSR count). The Balaban J connectivity index is 1.38. The number of benzene rings is 6. The average Bonchev–Trinajstić information content (AvgIpc) is 3.50. The molecule has 2 heteroatoms. The van der Waals surface area contributed by atoms with Crippen molar-refractivity contribution in [2.45, 2.75) is 26.2 Å². The van der Waals surface area contributed by atoms with E-state index in [0.29, 0.717) is 0 Å². The van der Waals surface area contributed by atoms with Gasteiger partial charge in [-0.05, 0) is 83.3 Å². The smallest absolute Gasteiger partial charge is 0.135 e. The van der Waals surface area contributed by atoms with Crippen molar-refractivity contribution in [3.8, 4) is 22.3 Å². The summed E-state index contributed by atoms with van der Waals surface area (Å²) in [5, 5.41) is 2.28. The molecule has 0 N–H and O–H groups in total. The Hall–Kier alpha value is -5.08. The maximum Gasteiger partial charge on any atom is 0.135 e. The third-order valence-corrected chi connectivity index (χ3v) is 8.93. The number of hydrogen-bond donors (Lipinski definition) is 0. The Kier molecular flexibility index (Phi) is 5.42. The number of rotatable bonds is 4. The van der Waals surface area contributed by atoms with Crippen molar-refractivity contribution >= 4 is 39.0 Å². The van der Waals surface area contributed by atoms with Crippen molar-refractivity contribution in [3.63, 3.8) is 0 Å². The first kappa shape index (κ1) is 24.7. The lowest BCUT2D eigenvalue weighted by Crippen LogP contribution is -2.16. The number of nitrogens with zero attached hydrogens (tertiary/aromatic N) is 1. The van der Waals surface area contributed by atoms with Crippen LogP contribution in [0.1, 0.15) is 30.5 Å². The third kappa shape index (κ3) is 3.72. The molecular weight excluding hydrogens is 510 g/mol. The van der Waals surface area contributed by atoms with E-state index in [0.717, 1.165) is 33.3 Å². The van der Waals surface area contributed by atoms with Gasteiger partial charge in [0.15, 0.2) is 0 Å². The number of furan rings is 1. The lowest BCUT2D eigenvalue weighted by Gasteiger charge is -2.29. The molecule has 7 aromatic rings. The summed E-state index contributed by atoms with van der Waals surface area (Å²) in [7, 11) is 0. The van der Waals surface area contributed by atoms with E-state index in [-0.39, 0.29) is 5.41 Å². The zero-order chi connectivity index (χ0) is 28.4. The lowest BCUT2D eigenvalue weighted by molar-refractivity contribution is 0.660. The van der Waals surface area contributed by atoms with E-state index in [2.05, 4.69) is 159 Å². The normalized spacial score (nSPS) is 13.3. The second-order valence-corrected chi connectivity index (χ2v) is 11.9. The fourth-order valence-corrected chi connectivity index (χ4v) is 6.80. The van der Waals surface area contributed by atoms with Crippen LogP contribution in [0, 0.1) is 6.92 Å². The monoisotopic (exact) mass is 541 g/mol. The van der Waals surface area contributed by atoms with Crippen LogP contribution in [0.2, 0.25) is 0 Å². The summed E-state index contributed by atoms with van der Waals surface area (Å²) in [6.07, 6.45) is 0. The molecule has 0 amide bonds. The van der Waals surface area contributed by atoms with Crippen LogP contribution in [0.25, 0.3) is 44.2 Å². The van der Waals surface area contributed by atoms with E-state index in [1.807, 2.05) is 0 Å². The fourth-order valence-electron chi connectivity index (χ4n) is 6.80. The van der Waals surface area contributed by atoms with Crippen molar-refractivity contribution < 1.29 is 4.42 Å². The molecule has 0 fully saturated rings. The zero-order valence-corrected chi connectivity index (χ0v) is 24.1. The molecule has 202 valence electrons. The van der Waals surface area contributed by atoms with Crippen LogP contribution >= 0.6 is 0 Å². The van der Waals surface area contributed by atoms with Crippen LogP contribution in [0.4, 0.5) is 17.1 Å². The molecular formula is C40H31NO. The quantitative estimate of drug-likeness (QED) is 0.220. The van der Waals surface area contributed by atoms with Gasteiger partial charge in [-0.3, -0.25) is 0 Å². The average molecular weight is 542 g/mol. The molecule has 0 saturated heterocycles. The Morgan fingerprint density at radius 1 is 0.548 bits per heavy atom. The van der Waals surface area contributed by atoms with Gasteiger partial charge in [0, 0.05) is 33.1 Å². The molecule has 0 radical (unpaired) electrons. The van der Waals surface area contributed by atoms with Gasteiger partial charge in [0.2, 0.25) is 0 Å². The summed E-state index contributed by atoms with van der Waals surface area (Å²) in [5.74, 6) is 0. The molecule has 1 aliphatic carbocycles. The van der Waals surface area contributed by atoms with Crippen LogP contribution in [0.3, 0.4) is 0 Å². The Bertz CT molecular complexity index is 2120. The maximum absolute atomic E-state index is 6.25. The van der Waals surface area contributed by atoms with E-state index in [1.54, 1.807) is 0 Å². The van der Waals surface area contributed by atoms with Gasteiger partial charge in [-0.15, -0.1) is 0 Å². The SMILES string of the molecule is Cc1ccc2oc3ccc(N(c4ccc(-c5ccccc5)cc4)c4cccc5c4-c4ccccc4C5(C)C)cc3c2c1. The van der Waals surface area contributed by atoms with E-state index >= 15 is 0 Å². The lowest BCUT2D eigenvalue weighted by atomic mass is 9.82. The van der Waals surface area contributed by atoms with Crippen molar-refractivity contribution in [3.05, 3.63) is 150 Å². The fraction of sp³-hybridized carbons (Fsp3) is 0.100. The van der Waals surface area contributed by atoms with Crippen LogP contribution < -0.4 is 4.90 Å². The summed E-state index contributed by atoms with van der Waals surface area (Å²) in [6.45, 7) is 6.81. The van der Waals surface area contributed by atoms with Gasteiger partial charge in [-0.2, -0.15) is 0 Å². The second kappa shape index (κ2) is 9.22. The van der Waals surface area contributed by atoms with E-state index < -0.39 is 0 Å². The van der Waals surface area contributed by atoms with Gasteiger partial charge >= 0.3 is 0 Å². The van der Waals surface area contributed by atoms with Gasteiger partial charge in [0.25, 0.3) is 0 Å². The van der Waals surface area contributed by atoms with Crippen LogP contribution in [-0.2, 0) is 5.41 Å². The molecule has 0 saturated carbocycles. The summed E-state index contributed by atoms with van der Waals surface area (Å²) in [4.78, 5) is 2.42. The highest BCUT2D eigenvalue weighted by atomic mass is 16.3. The van der Waals surface area contributed by atoms with Gasteiger partial charge < -0.3 is 9.32 Å². The number of hydrogen-bond acceptors (Lipinski definition) is 2. The zero-order valence-electron chi connectivity index (χ0n) is 24.1. The van der Waals surface area contributed by atoms with Gasteiger partial charge in [-0.25, -0.2) is 0 Å². The summed E-state index contributed by atoms with van der Waals surface area (Å²) in [5.41, 5.74) is 14.1. The maximum atomic E-state index is 6.25. The highest BCUT2D eigenvalue weighted by molar-refractivity contribution is 6.07. The molecule has 42 heavy (non-hydrogen) atoms. The summed E-state index contributed by atoms with van der Waals surface area (Å²) in [6, 6.07) is 48.2. The van der Waals surface area contributed by atoms with E-state index in [4.69, 9.17) is 4.42 Å². The van der Waals surface area contributed by atoms with Gasteiger partial charge in [0.1, 0.15) is 11.2 Å². The van der Waals surface area contributed by atoms with Crippen LogP contribution in [0.15, 0.2) is 138 Å². The van der Waals surface area contributed by atoms with Gasteiger partial charge in [0.05, 0.1) is 5.69 Å². The van der Waals surface area contributed by atoms with E-state index in [1.165, 1.54) is 44.6 Å². The van der Waals surface area contributed by atoms with Crippen molar-refractivity contribution in [1.29, 1.82) is 0 Å². The summed E-state index contributed by atoms with van der Waals surface area (Å²) < 4.78 is 6.25. The molecule has 1 aliphatic rings. The van der Waals surface area contributed by atoms with Crippen molar-refractivity contribution in [2.75, 3.05) is 4.90 Å². The standard InChI is InChI=1S/C40H31NO/c1-26-16-22-37-32(24-26)33-25-30(21-23-38(33)42-37)41(29-19-17-28(18-20-29)27-10-5-4-6-11-27)36-15-9-14-35-39(36)31-12-7-8-13-34(31)40(35,2)3/h4-25H,1-3H3. The van der Waals surface area contributed by atoms with Crippen LogP contribution in [0.5, 0.6) is 0 Å². The molecule has 0 atom stereocenters. The minimum Gasteiger partial charge on any atom is -0.456 e. The Labute approximate surface area is 246 Å². The third-order valence-electron chi connectivity index (χ3n) is 8.93. The first-order chi connectivity index (χ1) is 20.5. The molecule has 0 bridgehead atoms. The number of anilines is 3. The summed E-state index contributed by atoms with van der Waals surface area (Å²) >= 11 is 0. The topological polar surface area (TPSA) is 16.4 Å². The largest absolute Gasteiger partial charge is 0.456 e. The molecule has 6 aromatic carbocycles. The molecule has 1 heterocycles. The minimum atomic E-state index is -0.0764. The first-order valence-corrected chi connectivity index (χ1v) is 14.6. The molecule has 0 spiro atoms. The predicted molar refractivity (Wildman–Crippen MR) is 176 cm³/mol. The Morgan fingerprint density at radius 3 is 2.00 bits per heavy atom. The highest BCUT2D eigenvalue weighted by Crippen LogP contribution is 2.54. The Morgan fingerprint density at radius 2 is 1.19 bits per heavy atom. The predicted octanol–water partition coefficient (Wildman–Crippen LogP) is 11.3. The highest BCUT2D eigenvalue weighted by Gasteiger charge is 2.37. The molecule has 0 aliphatic heterocycles. The minimum absolute atomic E-state index is 0.0764. The number of fused-ring (bicyclic) bond motifs is 6. The van der Waals surface area contributed by atoms with E-state index in [9.17, 15) is 0 Å². The second-order valence-electron chi connectivity index (χ2n) is 11.9. The molecule has 2 nitrogen and oxygen atoms in total. The van der Waals surface area contributed by atoms with Crippen molar-refractivity contribution in [1.82, 2.24) is 0 Å².